The van der Waals surface area contributed by atoms with Crippen molar-refractivity contribution in [2.24, 2.45) is 22.7 Å². The maximum atomic E-state index is 3.99. The fourth-order valence-electron chi connectivity index (χ4n) is 4.54. The molecule has 0 aromatic heterocycles. The predicted octanol–water partition coefficient (Wildman–Crippen LogP) is 5.33. The summed E-state index contributed by atoms with van der Waals surface area (Å²) in [6.45, 7) is 0. The van der Waals surface area contributed by atoms with Crippen LogP contribution in [0.2, 0.25) is 0 Å². The Morgan fingerprint density at radius 1 is 0.812 bits per heavy atom. The van der Waals surface area contributed by atoms with Gasteiger partial charge in [0.15, 0.2) is 0 Å². The normalized spacial score (nSPS) is 58.2. The standard InChI is InChI=1S/C12H12Br4/c13-11(14)7-5-9-3-1-2-4-10(9,6-8(7)11)12(9,15)16/h1-2,7-8H,3-6H2/t7-,8-,9-,10+/m1/s1. The van der Waals surface area contributed by atoms with Crippen molar-refractivity contribution in [2.75, 3.05) is 0 Å². The molecule has 0 nitrogen and oxygen atoms in total. The van der Waals surface area contributed by atoms with Crippen molar-refractivity contribution < 1.29 is 0 Å². The highest BCUT2D eigenvalue weighted by atomic mass is 79.9. The molecule has 4 rings (SSSR count). The van der Waals surface area contributed by atoms with E-state index >= 15 is 0 Å². The number of alkyl halides is 4. The van der Waals surface area contributed by atoms with E-state index in [1.165, 1.54) is 25.7 Å². The molecule has 4 aliphatic rings. The third kappa shape index (κ3) is 0.946. The highest BCUT2D eigenvalue weighted by Crippen LogP contribution is 2.93. The van der Waals surface area contributed by atoms with Gasteiger partial charge in [-0.2, -0.15) is 0 Å². The molecule has 0 bridgehead atoms. The molecule has 4 atom stereocenters. The van der Waals surface area contributed by atoms with Crippen LogP contribution in [0.1, 0.15) is 25.7 Å². The summed E-state index contributed by atoms with van der Waals surface area (Å²) in [6, 6.07) is 0. The van der Waals surface area contributed by atoms with Gasteiger partial charge in [0, 0.05) is 10.8 Å². The molecule has 0 unspecified atom stereocenters. The van der Waals surface area contributed by atoms with Gasteiger partial charge in [-0.1, -0.05) is 75.9 Å². The van der Waals surface area contributed by atoms with Crippen LogP contribution in [-0.4, -0.2) is 6.47 Å². The highest BCUT2D eigenvalue weighted by Gasteiger charge is 2.90. The Labute approximate surface area is 130 Å². The molecule has 3 saturated carbocycles. The Morgan fingerprint density at radius 3 is 1.69 bits per heavy atom. The van der Waals surface area contributed by atoms with Crippen molar-refractivity contribution in [1.82, 2.24) is 0 Å². The first-order valence-corrected chi connectivity index (χ1v) is 8.97. The number of allylic oxidation sites excluding steroid dienone is 2. The first kappa shape index (κ1) is 11.5. The van der Waals surface area contributed by atoms with Crippen LogP contribution < -0.4 is 0 Å². The monoisotopic (exact) mass is 472 g/mol. The summed E-state index contributed by atoms with van der Waals surface area (Å²) in [5.41, 5.74) is 0.943. The third-order valence-electron chi connectivity index (χ3n) is 5.66. The van der Waals surface area contributed by atoms with Gasteiger partial charge in [-0.05, 0) is 37.5 Å². The molecule has 0 N–H and O–H groups in total. The first-order valence-electron chi connectivity index (χ1n) is 5.80. The highest BCUT2D eigenvalue weighted by molar-refractivity contribution is 9.26. The average molecular weight is 476 g/mol. The summed E-state index contributed by atoms with van der Waals surface area (Å²) >= 11 is 15.7. The van der Waals surface area contributed by atoms with Gasteiger partial charge >= 0.3 is 0 Å². The molecule has 0 spiro atoms. The number of rotatable bonds is 0. The van der Waals surface area contributed by atoms with E-state index < -0.39 is 0 Å². The number of hydrogen-bond donors (Lipinski definition) is 0. The fraction of sp³-hybridized carbons (Fsp3) is 0.833. The minimum absolute atomic E-state index is 0.201. The average Bonchev–Trinajstić information content (AvgIpc) is 2.93. The van der Waals surface area contributed by atoms with E-state index in [9.17, 15) is 0 Å². The Balaban J connectivity index is 1.78. The molecule has 0 radical (unpaired) electrons. The molecule has 0 aromatic rings. The van der Waals surface area contributed by atoms with Gasteiger partial charge in [-0.3, -0.25) is 0 Å². The summed E-state index contributed by atoms with van der Waals surface area (Å²) in [5, 5.41) is 0. The number of fused-ring (bicyclic) bond motifs is 1. The molecule has 88 valence electrons. The zero-order valence-corrected chi connectivity index (χ0v) is 15.0. The Bertz CT molecular complexity index is 379. The second kappa shape index (κ2) is 2.88. The van der Waals surface area contributed by atoms with Gasteiger partial charge in [-0.15, -0.1) is 0 Å². The maximum absolute atomic E-state index is 3.99. The lowest BCUT2D eigenvalue weighted by atomic mass is 9.73. The molecule has 4 heteroatoms. The van der Waals surface area contributed by atoms with Crippen LogP contribution in [0.15, 0.2) is 12.2 Å². The fourth-order valence-corrected chi connectivity index (χ4v) is 8.81. The van der Waals surface area contributed by atoms with Crippen molar-refractivity contribution in [2.45, 2.75) is 32.2 Å². The lowest BCUT2D eigenvalue weighted by molar-refractivity contribution is 0.221. The van der Waals surface area contributed by atoms with E-state index in [1.807, 2.05) is 0 Å². The summed E-state index contributed by atoms with van der Waals surface area (Å²) in [7, 11) is 0. The minimum atomic E-state index is 0.201. The molecule has 0 aromatic carbocycles. The van der Waals surface area contributed by atoms with Crippen LogP contribution in [0.4, 0.5) is 0 Å². The van der Waals surface area contributed by atoms with Gasteiger partial charge in [0.2, 0.25) is 0 Å². The van der Waals surface area contributed by atoms with E-state index in [2.05, 4.69) is 75.9 Å². The molecule has 0 aliphatic heterocycles. The van der Waals surface area contributed by atoms with Crippen LogP contribution in [0, 0.1) is 22.7 Å². The van der Waals surface area contributed by atoms with Crippen molar-refractivity contribution in [1.29, 1.82) is 0 Å². The summed E-state index contributed by atoms with van der Waals surface area (Å²) < 4.78 is 0.459. The maximum Gasteiger partial charge on any atom is 0.0935 e. The SMILES string of the molecule is BrC1(Br)[C@@H]2C[C@]34CC=CC[C@@]3(C[C@H]21)C4(Br)Br. The van der Waals surface area contributed by atoms with E-state index in [-0.39, 0.29) is 6.47 Å². The molecular formula is C12H12Br4. The van der Waals surface area contributed by atoms with Crippen molar-refractivity contribution in [3.63, 3.8) is 0 Å². The Kier molecular flexibility index (Phi) is 2.07. The minimum Gasteiger partial charge on any atom is -0.0879 e. The zero-order chi connectivity index (χ0) is 11.4. The smallest absolute Gasteiger partial charge is 0.0879 e. The molecule has 16 heavy (non-hydrogen) atoms. The largest absolute Gasteiger partial charge is 0.0935 e. The quantitative estimate of drug-likeness (QED) is 0.328. The van der Waals surface area contributed by atoms with Gasteiger partial charge in [0.1, 0.15) is 0 Å². The summed E-state index contributed by atoms with van der Waals surface area (Å²) in [4.78, 5) is 0. The molecule has 0 heterocycles. The second-order valence-corrected chi connectivity index (χ2v) is 13.0. The number of hydrogen-bond acceptors (Lipinski definition) is 0. The van der Waals surface area contributed by atoms with Gasteiger partial charge in [-0.25, -0.2) is 0 Å². The molecule has 0 amide bonds. The lowest BCUT2D eigenvalue weighted by Gasteiger charge is -2.29. The molecular weight excluding hydrogens is 464 g/mol. The molecule has 4 aliphatic carbocycles. The summed E-state index contributed by atoms with van der Waals surface area (Å²) in [6.07, 6.45) is 9.93. The van der Waals surface area contributed by atoms with Crippen LogP contribution >= 0.6 is 63.7 Å². The van der Waals surface area contributed by atoms with Crippen molar-refractivity contribution >= 4 is 63.7 Å². The third-order valence-corrected chi connectivity index (χ3v) is 11.0. The molecule has 0 saturated heterocycles. The van der Waals surface area contributed by atoms with Gasteiger partial charge < -0.3 is 0 Å². The lowest BCUT2D eigenvalue weighted by Crippen LogP contribution is -2.22. The molecule has 3 fully saturated rings. The van der Waals surface area contributed by atoms with Crippen LogP contribution in [-0.2, 0) is 0 Å². The van der Waals surface area contributed by atoms with Crippen LogP contribution in [0.5, 0.6) is 0 Å². The van der Waals surface area contributed by atoms with Crippen molar-refractivity contribution in [3.05, 3.63) is 12.2 Å². The van der Waals surface area contributed by atoms with E-state index in [0.29, 0.717) is 10.8 Å². The second-order valence-electron chi connectivity index (χ2n) is 5.91. The topological polar surface area (TPSA) is 0 Å². The Morgan fingerprint density at radius 2 is 1.25 bits per heavy atom. The van der Waals surface area contributed by atoms with E-state index in [1.54, 1.807) is 0 Å². The number of halogens is 4. The van der Waals surface area contributed by atoms with E-state index in [4.69, 9.17) is 0 Å². The van der Waals surface area contributed by atoms with Gasteiger partial charge in [0.25, 0.3) is 0 Å². The first-order chi connectivity index (χ1) is 7.39. The van der Waals surface area contributed by atoms with Crippen LogP contribution in [0.3, 0.4) is 0 Å². The zero-order valence-electron chi connectivity index (χ0n) is 8.65. The van der Waals surface area contributed by atoms with Crippen LogP contribution in [0.25, 0.3) is 0 Å². The van der Waals surface area contributed by atoms with Crippen molar-refractivity contribution in [3.8, 4) is 0 Å². The van der Waals surface area contributed by atoms with Gasteiger partial charge in [0.05, 0.1) is 6.47 Å². The predicted molar refractivity (Wildman–Crippen MR) is 80.6 cm³/mol. The van der Waals surface area contributed by atoms with E-state index in [0.717, 1.165) is 11.8 Å². The summed E-state index contributed by atoms with van der Waals surface area (Å²) in [5.74, 6) is 1.65. The Hall–Kier alpha value is 1.66.